The minimum atomic E-state index is -0.560. The number of benzene rings is 1. The summed E-state index contributed by atoms with van der Waals surface area (Å²) in [4.78, 5) is 32.0. The molecule has 0 bridgehead atoms. The smallest absolute Gasteiger partial charge is 0.497 e. The number of imidazole rings is 1. The van der Waals surface area contributed by atoms with Gasteiger partial charge in [-0.1, -0.05) is 19.1 Å². The fourth-order valence-corrected chi connectivity index (χ4v) is 2.36. The van der Waals surface area contributed by atoms with Crippen molar-refractivity contribution >= 4 is 11.2 Å². The van der Waals surface area contributed by atoms with E-state index in [0.29, 0.717) is 12.1 Å². The van der Waals surface area contributed by atoms with Crippen LogP contribution in [0.25, 0.3) is 11.2 Å². The maximum Gasteiger partial charge on any atom is 1.00 e. The first-order chi connectivity index (χ1) is 10.6. The Morgan fingerprint density at radius 1 is 1.22 bits per heavy atom. The number of hydrogen-bond acceptors (Lipinski definition) is 4. The van der Waals surface area contributed by atoms with Gasteiger partial charge in [0.25, 0.3) is 0 Å². The summed E-state index contributed by atoms with van der Waals surface area (Å²) >= 11 is 0. The fraction of sp³-hybridized carbons (Fsp3) is 0.267. The Labute approximate surface area is 174 Å². The third-order valence-electron chi connectivity index (χ3n) is 3.53. The fourth-order valence-electron chi connectivity index (χ4n) is 2.36. The van der Waals surface area contributed by atoms with Crippen LogP contribution in [0.5, 0.6) is 5.75 Å². The Kier molecular flexibility index (Phi) is 5.98. The molecule has 2 aromatic heterocycles. The summed E-state index contributed by atoms with van der Waals surface area (Å²) in [5, 5.41) is 0. The average molecular weight is 338 g/mol. The number of fused-ring (bicyclic) bond motifs is 1. The summed E-state index contributed by atoms with van der Waals surface area (Å²) in [6.07, 6.45) is 1.53. The van der Waals surface area contributed by atoms with Gasteiger partial charge in [-0.05, 0) is 24.2 Å². The van der Waals surface area contributed by atoms with Gasteiger partial charge in [-0.2, -0.15) is 0 Å². The molecule has 0 N–H and O–H groups in total. The third kappa shape index (κ3) is 3.51. The first-order valence-electron chi connectivity index (χ1n) is 6.89. The molecule has 0 aliphatic rings. The maximum atomic E-state index is 12.4. The Bertz CT molecular complexity index is 925. The topological polar surface area (TPSA) is 80.2 Å². The van der Waals surface area contributed by atoms with E-state index in [1.54, 1.807) is 18.6 Å². The van der Waals surface area contributed by atoms with Crippen molar-refractivity contribution in [2.24, 2.45) is 0 Å². The Hall–Kier alpha value is -1.19. The summed E-state index contributed by atoms with van der Waals surface area (Å²) in [6.45, 7) is 2.49. The van der Waals surface area contributed by atoms with E-state index in [9.17, 15) is 9.59 Å². The minimum Gasteiger partial charge on any atom is -0.497 e. The van der Waals surface area contributed by atoms with Gasteiger partial charge in [0.1, 0.15) is 11.3 Å². The second kappa shape index (κ2) is 7.58. The predicted molar refractivity (Wildman–Crippen MR) is 81.4 cm³/mol. The van der Waals surface area contributed by atoms with Gasteiger partial charge < -0.3 is 23.8 Å². The Morgan fingerprint density at radius 3 is 2.52 bits per heavy atom. The van der Waals surface area contributed by atoms with E-state index in [2.05, 4.69) is 9.97 Å². The molecule has 3 rings (SSSR count). The molecule has 0 aliphatic heterocycles. The zero-order chi connectivity index (χ0) is 15.7. The molecule has 2 heterocycles. The van der Waals surface area contributed by atoms with Gasteiger partial charge in [-0.3, -0.25) is 9.59 Å². The predicted octanol–water partition coefficient (Wildman–Crippen LogP) is -2.40. The summed E-state index contributed by atoms with van der Waals surface area (Å²) in [7, 11) is 1.61. The number of rotatable bonds is 4. The zero-order valence-electron chi connectivity index (χ0n) is 13.3. The van der Waals surface area contributed by atoms with Crippen molar-refractivity contribution in [1.82, 2.24) is 19.1 Å². The van der Waals surface area contributed by atoms with E-state index >= 15 is 0 Å². The monoisotopic (exact) mass is 338 g/mol. The van der Waals surface area contributed by atoms with Gasteiger partial charge in [-0.25, -0.2) is 0 Å². The normalized spacial score (nSPS) is 10.5. The average Bonchev–Trinajstić information content (AvgIpc) is 2.91. The summed E-state index contributed by atoms with van der Waals surface area (Å²) in [5.74, 6) is 0.769. The summed E-state index contributed by atoms with van der Waals surface area (Å²) in [6, 6.07) is 7.54. The van der Waals surface area contributed by atoms with Crippen molar-refractivity contribution in [3.63, 3.8) is 0 Å². The first-order valence-corrected chi connectivity index (χ1v) is 6.89. The second-order valence-corrected chi connectivity index (χ2v) is 4.84. The van der Waals surface area contributed by atoms with E-state index in [1.807, 2.05) is 24.3 Å². The van der Waals surface area contributed by atoms with Crippen LogP contribution in [-0.4, -0.2) is 21.2 Å². The molecular formula is C15H15KN4O3. The molecule has 0 amide bonds. The van der Waals surface area contributed by atoms with Crippen LogP contribution in [0.2, 0.25) is 0 Å². The molecule has 0 atom stereocenters. The molecule has 114 valence electrons. The summed E-state index contributed by atoms with van der Waals surface area (Å²) in [5.41, 5.74) is 0.609. The van der Waals surface area contributed by atoms with Crippen molar-refractivity contribution < 1.29 is 56.1 Å². The maximum absolute atomic E-state index is 12.4. The number of nitrogens with zero attached hydrogens (tertiary/aromatic N) is 4. The molecule has 1 aromatic carbocycles. The molecule has 0 saturated heterocycles. The minimum absolute atomic E-state index is 0. The van der Waals surface area contributed by atoms with E-state index in [0.717, 1.165) is 15.9 Å². The molecule has 3 aromatic rings. The van der Waals surface area contributed by atoms with Crippen LogP contribution in [0.15, 0.2) is 40.2 Å². The molecule has 0 aliphatic carbocycles. The standard InChI is InChI=1S/C15H16N4O3.K/c1-3-19-14(20)12-13(17-15(19)21)16-9-18(12)8-10-4-6-11(22-2)7-5-10;/h4-7,9H,3,8H2,1-2H3,(H,17,20,21);/q;+1/p-1. The van der Waals surface area contributed by atoms with Gasteiger partial charge in [0.05, 0.1) is 7.11 Å². The van der Waals surface area contributed by atoms with Crippen molar-refractivity contribution in [3.8, 4) is 5.75 Å². The Balaban J connectivity index is 0.00000192. The van der Waals surface area contributed by atoms with Gasteiger partial charge >= 0.3 is 51.4 Å². The Morgan fingerprint density at radius 2 is 1.91 bits per heavy atom. The van der Waals surface area contributed by atoms with Gasteiger partial charge in [0.2, 0.25) is 11.2 Å². The zero-order valence-corrected chi connectivity index (χ0v) is 16.4. The van der Waals surface area contributed by atoms with Crippen LogP contribution >= 0.6 is 0 Å². The summed E-state index contributed by atoms with van der Waals surface area (Å²) < 4.78 is 7.93. The molecule has 0 saturated carbocycles. The van der Waals surface area contributed by atoms with Crippen molar-refractivity contribution in [2.75, 3.05) is 7.11 Å². The van der Waals surface area contributed by atoms with E-state index < -0.39 is 5.69 Å². The molecule has 23 heavy (non-hydrogen) atoms. The van der Waals surface area contributed by atoms with Crippen LogP contribution in [0.3, 0.4) is 0 Å². The van der Waals surface area contributed by atoms with Crippen molar-refractivity contribution in [1.29, 1.82) is 0 Å². The van der Waals surface area contributed by atoms with Crippen molar-refractivity contribution in [3.05, 3.63) is 57.0 Å². The van der Waals surface area contributed by atoms with Crippen molar-refractivity contribution in [2.45, 2.75) is 20.0 Å². The van der Waals surface area contributed by atoms with Crippen LogP contribution < -0.4 is 72.4 Å². The SMILES string of the molecule is CCn1c(=O)[n-]c2ncn(Cc3ccc(OC)cc3)c2c1=O.[K+]. The second-order valence-electron chi connectivity index (χ2n) is 4.84. The quantitative estimate of drug-likeness (QED) is 0.495. The van der Waals surface area contributed by atoms with Crippen LogP contribution in [0, 0.1) is 0 Å². The van der Waals surface area contributed by atoms with Crippen LogP contribution in [0.4, 0.5) is 0 Å². The molecular weight excluding hydrogens is 323 g/mol. The molecule has 0 radical (unpaired) electrons. The van der Waals surface area contributed by atoms with Crippen LogP contribution in [0.1, 0.15) is 12.5 Å². The van der Waals surface area contributed by atoms with E-state index in [-0.39, 0.29) is 69.1 Å². The molecule has 7 nitrogen and oxygen atoms in total. The first kappa shape index (κ1) is 18.1. The van der Waals surface area contributed by atoms with E-state index in [1.165, 1.54) is 6.33 Å². The van der Waals surface area contributed by atoms with Gasteiger partial charge in [0.15, 0.2) is 0 Å². The largest absolute Gasteiger partial charge is 1.00 e. The number of ether oxygens (including phenoxy) is 1. The van der Waals surface area contributed by atoms with E-state index in [4.69, 9.17) is 4.74 Å². The van der Waals surface area contributed by atoms with Gasteiger partial charge in [-0.15, -0.1) is 0 Å². The molecule has 0 fully saturated rings. The molecule has 0 spiro atoms. The van der Waals surface area contributed by atoms with Gasteiger partial charge in [0, 0.05) is 18.5 Å². The number of methoxy groups -OCH3 is 1. The number of hydrogen-bond donors (Lipinski definition) is 0. The third-order valence-corrected chi connectivity index (χ3v) is 3.53. The molecule has 0 unspecified atom stereocenters. The number of aromatic nitrogens is 4. The van der Waals surface area contributed by atoms with Crippen LogP contribution in [-0.2, 0) is 13.1 Å². The molecule has 8 heteroatoms.